The van der Waals surface area contributed by atoms with Crippen LogP contribution in [0.5, 0.6) is 11.5 Å². The molecule has 0 saturated carbocycles. The van der Waals surface area contributed by atoms with Gasteiger partial charge in [0.1, 0.15) is 23.4 Å². The van der Waals surface area contributed by atoms with E-state index >= 15 is 0 Å². The number of nitrogens with zero attached hydrogens (tertiary/aromatic N) is 2. The Bertz CT molecular complexity index is 1340. The highest BCUT2D eigenvalue weighted by Crippen LogP contribution is 2.47. The van der Waals surface area contributed by atoms with Gasteiger partial charge in [0.15, 0.2) is 0 Å². The van der Waals surface area contributed by atoms with Crippen LogP contribution in [0, 0.1) is 0 Å². The van der Waals surface area contributed by atoms with Crippen LogP contribution < -0.4 is 9.47 Å². The van der Waals surface area contributed by atoms with Gasteiger partial charge in [-0.15, -0.1) is 12.4 Å². The molecule has 0 fully saturated rings. The summed E-state index contributed by atoms with van der Waals surface area (Å²) in [5.41, 5.74) is 3.16. The van der Waals surface area contributed by atoms with Crippen LogP contribution in [0.4, 0.5) is 4.79 Å². The summed E-state index contributed by atoms with van der Waals surface area (Å²) in [6, 6.07) is 17.7. The molecule has 0 aliphatic carbocycles. The molecule has 0 N–H and O–H groups in total. The Hall–Kier alpha value is -2.44. The summed E-state index contributed by atoms with van der Waals surface area (Å²) in [4.78, 5) is 19.7. The zero-order valence-corrected chi connectivity index (χ0v) is 25.6. The van der Waals surface area contributed by atoms with Crippen molar-refractivity contribution in [2.75, 3.05) is 13.2 Å². The van der Waals surface area contributed by atoms with Crippen molar-refractivity contribution in [1.82, 2.24) is 4.90 Å². The quantitative estimate of drug-likeness (QED) is 0.198. The second-order valence-electron chi connectivity index (χ2n) is 10.0. The maximum absolute atomic E-state index is 13.1. The summed E-state index contributed by atoms with van der Waals surface area (Å²) in [6.45, 7) is 11.2. The molecule has 2 atom stereocenters. The fourth-order valence-electron chi connectivity index (χ4n) is 4.71. The number of carbonyl (C=O) groups excluding carboxylic acids is 1. The van der Waals surface area contributed by atoms with Gasteiger partial charge in [-0.25, -0.2) is 0 Å². The van der Waals surface area contributed by atoms with Gasteiger partial charge < -0.3 is 9.47 Å². The first kappa shape index (κ1) is 31.1. The van der Waals surface area contributed by atoms with E-state index in [9.17, 15) is 4.79 Å². The summed E-state index contributed by atoms with van der Waals surface area (Å²) < 4.78 is 12.2. The Morgan fingerprint density at radius 3 is 1.87 bits per heavy atom. The molecule has 1 amide bonds. The molecule has 0 aromatic heterocycles. The second kappa shape index (κ2) is 12.8. The molecule has 9 heteroatoms. The molecule has 4 rings (SSSR count). The van der Waals surface area contributed by atoms with E-state index in [-0.39, 0.29) is 17.8 Å². The summed E-state index contributed by atoms with van der Waals surface area (Å²) >= 11 is 18.7. The Morgan fingerprint density at radius 1 is 0.872 bits per heavy atom. The lowest BCUT2D eigenvalue weighted by Gasteiger charge is -2.29. The van der Waals surface area contributed by atoms with Crippen molar-refractivity contribution in [1.29, 1.82) is 0 Å². The third-order valence-corrected chi connectivity index (χ3v) is 7.10. The van der Waals surface area contributed by atoms with Crippen molar-refractivity contribution in [2.45, 2.75) is 52.1 Å². The van der Waals surface area contributed by atoms with Crippen LogP contribution in [-0.4, -0.2) is 29.3 Å². The van der Waals surface area contributed by atoms with Gasteiger partial charge in [-0.1, -0.05) is 68.2 Å². The molecule has 3 aromatic carbocycles. The van der Waals surface area contributed by atoms with Crippen molar-refractivity contribution in [3.8, 4) is 11.5 Å². The van der Waals surface area contributed by atoms with E-state index in [0.29, 0.717) is 46.2 Å². The van der Waals surface area contributed by atoms with Crippen LogP contribution in [0.2, 0.25) is 10.0 Å². The van der Waals surface area contributed by atoms with Crippen LogP contribution in [0.15, 0.2) is 65.7 Å². The maximum Gasteiger partial charge on any atom is 0.322 e. The normalized spacial score (nSPS) is 16.9. The molecule has 1 aliphatic heterocycles. The largest absolute Gasteiger partial charge is 0.494 e. The van der Waals surface area contributed by atoms with Gasteiger partial charge in [0.05, 0.1) is 24.8 Å². The van der Waals surface area contributed by atoms with Gasteiger partial charge in [0.2, 0.25) is 0 Å². The van der Waals surface area contributed by atoms with Crippen molar-refractivity contribution in [3.05, 3.63) is 93.0 Å². The van der Waals surface area contributed by atoms with Gasteiger partial charge in [-0.2, -0.15) is 0 Å². The van der Waals surface area contributed by atoms with Crippen LogP contribution >= 0.6 is 47.2 Å². The summed E-state index contributed by atoms with van der Waals surface area (Å²) in [5, 5.41) is 0.555. The first-order chi connectivity index (χ1) is 18.0. The van der Waals surface area contributed by atoms with Gasteiger partial charge >= 0.3 is 5.37 Å². The zero-order valence-electron chi connectivity index (χ0n) is 22.5. The number of ether oxygens (including phenoxy) is 2. The van der Waals surface area contributed by atoms with Crippen molar-refractivity contribution >= 4 is 58.4 Å². The Labute approximate surface area is 251 Å². The molecule has 39 heavy (non-hydrogen) atoms. The number of amides is 1. The molecule has 208 valence electrons. The number of carbonyl (C=O) groups is 1. The highest BCUT2D eigenvalue weighted by Gasteiger charge is 2.43. The summed E-state index contributed by atoms with van der Waals surface area (Å²) in [6.07, 6.45) is 0. The first-order valence-corrected chi connectivity index (χ1v) is 13.7. The second-order valence-corrected chi connectivity index (χ2v) is 11.2. The van der Waals surface area contributed by atoms with E-state index in [1.54, 1.807) is 12.1 Å². The third kappa shape index (κ3) is 6.66. The molecule has 0 bridgehead atoms. The van der Waals surface area contributed by atoms with E-state index in [2.05, 4.69) is 20.8 Å². The van der Waals surface area contributed by atoms with E-state index in [1.807, 2.05) is 62.4 Å². The van der Waals surface area contributed by atoms with Gasteiger partial charge in [-0.05, 0) is 78.4 Å². The molecular weight excluding hydrogens is 578 g/mol. The fraction of sp³-hybridized carbons (Fsp3) is 0.333. The first-order valence-electron chi connectivity index (χ1n) is 12.6. The minimum Gasteiger partial charge on any atom is -0.494 e. The van der Waals surface area contributed by atoms with Crippen LogP contribution in [0.3, 0.4) is 0 Å². The van der Waals surface area contributed by atoms with Crippen LogP contribution in [0.1, 0.15) is 69.0 Å². The standard InChI is InChI=1S/C30H31Cl3N2O3.ClH/c1-6-37-24-17-23(30(3,4)5)25(38-7-2)16-22(24)28-34-26(18-8-12-20(31)13-9-18)27(35(28)29(33)36)19-10-14-21(32)15-11-19;/h8-17,26-27H,6-7H2,1-5H3;1H/t26-,27+;/m0./s1. The zero-order chi connectivity index (χ0) is 27.6. The van der Waals surface area contributed by atoms with Crippen molar-refractivity contribution in [2.24, 2.45) is 4.99 Å². The molecule has 0 unspecified atom stereocenters. The molecule has 5 nitrogen and oxygen atoms in total. The monoisotopic (exact) mass is 608 g/mol. The molecule has 1 aliphatic rings. The number of amidine groups is 1. The molecule has 0 spiro atoms. The summed E-state index contributed by atoms with van der Waals surface area (Å²) in [5.74, 6) is 1.73. The number of hydrogen-bond donors (Lipinski definition) is 0. The molecule has 0 saturated heterocycles. The van der Waals surface area contributed by atoms with E-state index < -0.39 is 17.5 Å². The molecule has 1 heterocycles. The highest BCUT2D eigenvalue weighted by molar-refractivity contribution is 6.64. The number of halogens is 4. The Kier molecular flexibility index (Phi) is 10.2. The van der Waals surface area contributed by atoms with E-state index in [1.165, 1.54) is 4.90 Å². The number of aliphatic imine (C=N–C) groups is 1. The van der Waals surface area contributed by atoms with Crippen LogP contribution in [0.25, 0.3) is 0 Å². The summed E-state index contributed by atoms with van der Waals surface area (Å²) in [7, 11) is 0. The minimum atomic E-state index is -0.652. The average molecular weight is 610 g/mol. The number of rotatable bonds is 7. The number of hydrogen-bond acceptors (Lipinski definition) is 4. The predicted octanol–water partition coefficient (Wildman–Crippen LogP) is 9.41. The van der Waals surface area contributed by atoms with Gasteiger partial charge in [0.25, 0.3) is 0 Å². The lowest BCUT2D eigenvalue weighted by atomic mass is 9.85. The van der Waals surface area contributed by atoms with Gasteiger partial charge in [-0.3, -0.25) is 14.7 Å². The smallest absolute Gasteiger partial charge is 0.322 e. The lowest BCUT2D eigenvalue weighted by molar-refractivity contribution is 0.231. The fourth-order valence-corrected chi connectivity index (χ4v) is 5.15. The van der Waals surface area contributed by atoms with Crippen molar-refractivity contribution in [3.63, 3.8) is 0 Å². The minimum absolute atomic E-state index is 0. The highest BCUT2D eigenvalue weighted by atomic mass is 35.5. The molecule has 3 aromatic rings. The third-order valence-electron chi connectivity index (χ3n) is 6.41. The maximum atomic E-state index is 13.1. The lowest BCUT2D eigenvalue weighted by Crippen LogP contribution is -2.34. The topological polar surface area (TPSA) is 51.1 Å². The van der Waals surface area contributed by atoms with E-state index in [0.717, 1.165) is 16.7 Å². The van der Waals surface area contributed by atoms with Crippen molar-refractivity contribution < 1.29 is 14.3 Å². The van der Waals surface area contributed by atoms with E-state index in [4.69, 9.17) is 49.3 Å². The number of benzene rings is 3. The molecular formula is C30H32Cl4N2O3. The Morgan fingerprint density at radius 2 is 1.38 bits per heavy atom. The SMILES string of the molecule is CCOc1cc(C(C)(C)C)c(OCC)cc1C1=N[C@@H](c2ccc(Cl)cc2)[C@@H](c2ccc(Cl)cc2)N1C(=O)Cl.Cl. The predicted molar refractivity (Wildman–Crippen MR) is 163 cm³/mol. The average Bonchev–Trinajstić information content (AvgIpc) is 3.26. The van der Waals surface area contributed by atoms with Gasteiger partial charge in [0, 0.05) is 15.6 Å². The molecule has 0 radical (unpaired) electrons. The Balaban J connectivity index is 0.00000420. The van der Waals surface area contributed by atoms with Crippen LogP contribution in [-0.2, 0) is 5.41 Å².